The Morgan fingerprint density at radius 1 is 1.22 bits per heavy atom. The van der Waals surface area contributed by atoms with E-state index < -0.39 is 5.97 Å². The quantitative estimate of drug-likeness (QED) is 0.460. The summed E-state index contributed by atoms with van der Waals surface area (Å²) in [6.07, 6.45) is 4.35. The van der Waals surface area contributed by atoms with E-state index in [0.717, 1.165) is 38.5 Å². The van der Waals surface area contributed by atoms with Crippen molar-refractivity contribution in [3.8, 4) is 22.9 Å². The molecule has 0 saturated heterocycles. The molecule has 3 heterocycles. The molecule has 0 unspecified atom stereocenters. The molecule has 3 aromatic heterocycles. The Labute approximate surface area is 184 Å². The maximum atomic E-state index is 11.2. The number of rotatable bonds is 6. The molecular formula is C24H24N4O4. The topological polar surface area (TPSA) is 110 Å². The molecule has 4 aromatic rings. The highest BCUT2D eigenvalue weighted by atomic mass is 16.5. The molecule has 5 rings (SSSR count). The van der Waals surface area contributed by atoms with Crippen LogP contribution in [0, 0.1) is 5.92 Å². The number of carboxylic acid groups (broad SMARTS) is 1. The van der Waals surface area contributed by atoms with E-state index in [0.29, 0.717) is 24.6 Å². The van der Waals surface area contributed by atoms with E-state index in [1.165, 1.54) is 0 Å². The van der Waals surface area contributed by atoms with E-state index in [1.54, 1.807) is 19.5 Å². The molecule has 8 nitrogen and oxygen atoms in total. The van der Waals surface area contributed by atoms with Gasteiger partial charge in [0.15, 0.2) is 0 Å². The third-order valence-electron chi connectivity index (χ3n) is 6.06. The Bertz CT molecular complexity index is 1320. The molecule has 32 heavy (non-hydrogen) atoms. The van der Waals surface area contributed by atoms with Gasteiger partial charge >= 0.3 is 5.97 Å². The largest absolute Gasteiger partial charge is 0.481 e. The maximum Gasteiger partial charge on any atom is 0.306 e. The number of aromatic nitrogens is 4. The Kier molecular flexibility index (Phi) is 4.92. The number of aliphatic carboxylic acids is 1. The summed E-state index contributed by atoms with van der Waals surface area (Å²) in [7, 11) is 1.60. The smallest absolute Gasteiger partial charge is 0.306 e. The molecule has 1 aliphatic rings. The predicted molar refractivity (Wildman–Crippen MR) is 120 cm³/mol. The minimum atomic E-state index is -0.772. The highest BCUT2D eigenvalue weighted by Crippen LogP contribution is 2.42. The lowest BCUT2D eigenvalue weighted by molar-refractivity contribution is -0.148. The van der Waals surface area contributed by atoms with Crippen LogP contribution in [-0.2, 0) is 4.79 Å². The summed E-state index contributed by atoms with van der Waals surface area (Å²) in [6.45, 7) is 4.19. The highest BCUT2D eigenvalue weighted by Gasteiger charge is 2.37. The van der Waals surface area contributed by atoms with E-state index in [4.69, 9.17) is 14.5 Å². The number of nitrogens with one attached hydrogen (secondary N) is 1. The Hall–Kier alpha value is -3.68. The number of H-pyrrole nitrogens is 1. The van der Waals surface area contributed by atoms with Crippen LogP contribution in [0.3, 0.4) is 0 Å². The first-order valence-electron chi connectivity index (χ1n) is 10.6. The van der Waals surface area contributed by atoms with Gasteiger partial charge in [0.25, 0.3) is 0 Å². The summed E-state index contributed by atoms with van der Waals surface area (Å²) < 4.78 is 11.6. The second-order valence-electron chi connectivity index (χ2n) is 8.52. The van der Waals surface area contributed by atoms with E-state index in [2.05, 4.69) is 35.1 Å². The minimum absolute atomic E-state index is 0.129. The number of carboxylic acids is 1. The fourth-order valence-electron chi connectivity index (χ4n) is 4.25. The second-order valence-corrected chi connectivity index (χ2v) is 8.52. The molecule has 1 aromatic carbocycles. The van der Waals surface area contributed by atoms with Gasteiger partial charge in [-0.3, -0.25) is 9.89 Å². The first kappa shape index (κ1) is 20.2. The maximum absolute atomic E-state index is 11.2. The Morgan fingerprint density at radius 3 is 2.75 bits per heavy atom. The highest BCUT2D eigenvalue weighted by molar-refractivity contribution is 6.06. The van der Waals surface area contributed by atoms with Gasteiger partial charge in [0.2, 0.25) is 11.8 Å². The minimum Gasteiger partial charge on any atom is -0.481 e. The molecule has 1 fully saturated rings. The molecule has 164 valence electrons. The number of hydrogen-bond acceptors (Lipinski definition) is 6. The van der Waals surface area contributed by atoms with Gasteiger partial charge in [0.05, 0.1) is 30.4 Å². The van der Waals surface area contributed by atoms with Crippen molar-refractivity contribution in [1.82, 2.24) is 20.2 Å². The molecular weight excluding hydrogens is 408 g/mol. The van der Waals surface area contributed by atoms with Crippen LogP contribution in [0.4, 0.5) is 0 Å². The standard InChI is InChI=1S/C24H24N4O4/c1-12(2)22-21(13-4-5-25-20(9-13)31-3)17-8-15-11-26-28-19(15)10-18(17)23(27-22)32-16-6-14(7-16)24(29)30/h4-5,8-12,14,16H,6-7H2,1-3H3,(H,26,28)(H,29,30). The van der Waals surface area contributed by atoms with E-state index in [1.807, 2.05) is 18.2 Å². The predicted octanol–water partition coefficient (Wildman–Crippen LogP) is 4.55. The average molecular weight is 432 g/mol. The van der Waals surface area contributed by atoms with Gasteiger partial charge in [-0.2, -0.15) is 5.10 Å². The molecule has 1 saturated carbocycles. The van der Waals surface area contributed by atoms with Gasteiger partial charge in [-0.25, -0.2) is 9.97 Å². The number of methoxy groups -OCH3 is 1. The fraction of sp³-hybridized carbons (Fsp3) is 0.333. The van der Waals surface area contributed by atoms with Crippen molar-refractivity contribution in [1.29, 1.82) is 0 Å². The third kappa shape index (κ3) is 3.41. The number of aromatic amines is 1. The molecule has 0 radical (unpaired) electrons. The van der Waals surface area contributed by atoms with Crippen LogP contribution in [0.1, 0.15) is 38.3 Å². The Balaban J connectivity index is 1.72. The van der Waals surface area contributed by atoms with Gasteiger partial charge < -0.3 is 14.6 Å². The van der Waals surface area contributed by atoms with Crippen LogP contribution in [0.5, 0.6) is 11.8 Å². The zero-order valence-electron chi connectivity index (χ0n) is 18.1. The second kappa shape index (κ2) is 7.78. The molecule has 0 aliphatic heterocycles. The lowest BCUT2D eigenvalue weighted by Gasteiger charge is -2.32. The van der Waals surface area contributed by atoms with Crippen LogP contribution >= 0.6 is 0 Å². The Morgan fingerprint density at radius 2 is 2.03 bits per heavy atom. The van der Waals surface area contributed by atoms with Crippen molar-refractivity contribution in [3.63, 3.8) is 0 Å². The summed E-state index contributed by atoms with van der Waals surface area (Å²) in [5, 5.41) is 19.2. The van der Waals surface area contributed by atoms with Crippen LogP contribution in [-0.4, -0.2) is 44.5 Å². The summed E-state index contributed by atoms with van der Waals surface area (Å²) in [4.78, 5) is 20.4. The van der Waals surface area contributed by atoms with Gasteiger partial charge in [-0.1, -0.05) is 13.8 Å². The number of carbonyl (C=O) groups is 1. The number of pyridine rings is 2. The van der Waals surface area contributed by atoms with Crippen LogP contribution < -0.4 is 9.47 Å². The lowest BCUT2D eigenvalue weighted by atomic mass is 9.82. The van der Waals surface area contributed by atoms with E-state index in [-0.39, 0.29) is 17.9 Å². The molecule has 2 N–H and O–H groups in total. The van der Waals surface area contributed by atoms with Crippen LogP contribution in [0.2, 0.25) is 0 Å². The monoisotopic (exact) mass is 432 g/mol. The molecule has 0 atom stereocenters. The number of hydrogen-bond donors (Lipinski definition) is 2. The van der Waals surface area contributed by atoms with Crippen LogP contribution in [0.15, 0.2) is 36.7 Å². The van der Waals surface area contributed by atoms with E-state index >= 15 is 0 Å². The van der Waals surface area contributed by atoms with E-state index in [9.17, 15) is 9.90 Å². The molecule has 0 spiro atoms. The van der Waals surface area contributed by atoms with Crippen molar-refractivity contribution in [2.45, 2.75) is 38.7 Å². The number of benzene rings is 1. The van der Waals surface area contributed by atoms with Crippen molar-refractivity contribution >= 4 is 27.6 Å². The van der Waals surface area contributed by atoms with Gasteiger partial charge in [-0.05, 0) is 47.9 Å². The molecule has 8 heteroatoms. The fourth-order valence-corrected chi connectivity index (χ4v) is 4.25. The van der Waals surface area contributed by atoms with Crippen LogP contribution in [0.25, 0.3) is 32.8 Å². The van der Waals surface area contributed by atoms with Crippen molar-refractivity contribution in [3.05, 3.63) is 42.4 Å². The summed E-state index contributed by atoms with van der Waals surface area (Å²) >= 11 is 0. The average Bonchev–Trinajstić information content (AvgIpc) is 3.21. The summed E-state index contributed by atoms with van der Waals surface area (Å²) in [5.74, 6) is 0.0672. The SMILES string of the molecule is COc1cc(-c2c(C(C)C)nc(OC3CC(C(=O)O)C3)c3cc4[nH]ncc4cc23)ccn1. The zero-order valence-corrected chi connectivity index (χ0v) is 18.1. The normalized spacial score (nSPS) is 18.1. The molecule has 0 amide bonds. The van der Waals surface area contributed by atoms with Crippen molar-refractivity contribution < 1.29 is 19.4 Å². The molecule has 1 aliphatic carbocycles. The van der Waals surface area contributed by atoms with Crippen molar-refractivity contribution in [2.24, 2.45) is 5.92 Å². The van der Waals surface area contributed by atoms with Gasteiger partial charge in [-0.15, -0.1) is 0 Å². The van der Waals surface area contributed by atoms with Gasteiger partial charge in [0.1, 0.15) is 6.10 Å². The first-order chi connectivity index (χ1) is 15.4. The lowest BCUT2D eigenvalue weighted by Crippen LogP contribution is -2.38. The number of fused-ring (bicyclic) bond motifs is 2. The molecule has 0 bridgehead atoms. The summed E-state index contributed by atoms with van der Waals surface area (Å²) in [5.41, 5.74) is 3.75. The summed E-state index contributed by atoms with van der Waals surface area (Å²) in [6, 6.07) is 7.96. The third-order valence-corrected chi connectivity index (χ3v) is 6.06. The number of nitrogens with zero attached hydrogens (tertiary/aromatic N) is 3. The van der Waals surface area contributed by atoms with Crippen molar-refractivity contribution in [2.75, 3.05) is 7.11 Å². The first-order valence-corrected chi connectivity index (χ1v) is 10.6. The number of ether oxygens (including phenoxy) is 2. The zero-order chi connectivity index (χ0) is 22.4. The van der Waals surface area contributed by atoms with Gasteiger partial charge in [0, 0.05) is 28.6 Å².